The average Bonchev–Trinajstić information content (AvgIpc) is 3.08. The van der Waals surface area contributed by atoms with Crippen molar-refractivity contribution in [3.8, 4) is 5.75 Å². The quantitative estimate of drug-likeness (QED) is 0.176. The van der Waals surface area contributed by atoms with Gasteiger partial charge in [-0.25, -0.2) is 12.8 Å². The Kier molecular flexibility index (Phi) is 10.4. The van der Waals surface area contributed by atoms with Crippen LogP contribution in [0.2, 0.25) is 0 Å². The first-order valence-electron chi connectivity index (χ1n) is 14.4. The Morgan fingerprint density at radius 2 is 1.46 bits per heavy atom. The minimum atomic E-state index is -3.95. The number of pyridine rings is 1. The van der Waals surface area contributed by atoms with Crippen LogP contribution < -0.4 is 14.8 Å². The van der Waals surface area contributed by atoms with Gasteiger partial charge in [-0.2, -0.15) is 0 Å². The number of carbonyl (C=O) groups excluding carboxylic acids is 2. The van der Waals surface area contributed by atoms with Crippen LogP contribution in [0.5, 0.6) is 5.75 Å². The predicted molar refractivity (Wildman–Crippen MR) is 171 cm³/mol. The molecule has 46 heavy (non-hydrogen) atoms. The number of nitrogens with one attached hydrogen (secondary N) is 2. The van der Waals surface area contributed by atoms with E-state index >= 15 is 0 Å². The maximum absolute atomic E-state index is 13.8. The predicted octanol–water partition coefficient (Wildman–Crippen LogP) is 5.49. The summed E-state index contributed by atoms with van der Waals surface area (Å²) < 4.78 is 47.0. The second-order valence-electron chi connectivity index (χ2n) is 10.2. The van der Waals surface area contributed by atoms with E-state index in [2.05, 4.69) is 15.0 Å². The van der Waals surface area contributed by atoms with Crippen molar-refractivity contribution < 1.29 is 27.1 Å². The van der Waals surface area contributed by atoms with Crippen LogP contribution in [0, 0.1) is 5.82 Å². The summed E-state index contributed by atoms with van der Waals surface area (Å²) in [6, 6.07) is 33.2. The molecule has 2 amide bonds. The number of rotatable bonds is 13. The molecule has 0 aliphatic rings. The summed E-state index contributed by atoms with van der Waals surface area (Å²) in [5, 5.41) is 2.92. The van der Waals surface area contributed by atoms with Crippen molar-refractivity contribution in [1.82, 2.24) is 15.2 Å². The van der Waals surface area contributed by atoms with Crippen LogP contribution >= 0.6 is 0 Å². The molecule has 1 aromatic heterocycles. The summed E-state index contributed by atoms with van der Waals surface area (Å²) in [7, 11) is -3.95. The van der Waals surface area contributed by atoms with Crippen molar-refractivity contribution >= 4 is 27.5 Å². The Hall–Kier alpha value is -5.55. The average molecular weight is 639 g/mol. The van der Waals surface area contributed by atoms with Crippen LogP contribution in [0.3, 0.4) is 0 Å². The summed E-state index contributed by atoms with van der Waals surface area (Å²) in [4.78, 5) is 33.3. The molecular weight excluding hydrogens is 607 g/mol. The molecule has 0 aliphatic heterocycles. The largest absolute Gasteiger partial charge is 0.484 e. The molecule has 9 nitrogen and oxygen atoms in total. The van der Waals surface area contributed by atoms with Crippen molar-refractivity contribution in [2.75, 3.05) is 11.3 Å². The van der Waals surface area contributed by atoms with E-state index < -0.39 is 34.4 Å². The van der Waals surface area contributed by atoms with Gasteiger partial charge in [0.1, 0.15) is 17.6 Å². The lowest BCUT2D eigenvalue weighted by Gasteiger charge is -2.31. The van der Waals surface area contributed by atoms with E-state index in [9.17, 15) is 22.4 Å². The fraction of sp³-hybridized carbons (Fsp3) is 0.114. The standard InChI is InChI=1S/C35H31FN4O5S/c36-28-14-16-29(17-15-28)39-46(43,44)32-20-18-31(19-21-32)45-25-33(41)40(24-26-9-3-1-4-10-26)34(27-11-5-2-6-12-27)35(42)38-23-30-13-7-8-22-37-30/h1-22,34,39H,23-25H2,(H,38,42)/t34-/m1/s1. The number of hydrogen-bond donors (Lipinski definition) is 2. The SMILES string of the molecule is O=C(NCc1ccccn1)[C@@H](c1ccccc1)N(Cc1ccccc1)C(=O)COc1ccc(S(=O)(=O)Nc2ccc(F)cc2)cc1. The minimum Gasteiger partial charge on any atom is -0.484 e. The molecular formula is C35H31FN4O5S. The van der Waals surface area contributed by atoms with Crippen LogP contribution in [0.4, 0.5) is 10.1 Å². The lowest BCUT2D eigenvalue weighted by Crippen LogP contribution is -2.45. The highest BCUT2D eigenvalue weighted by Crippen LogP contribution is 2.25. The first kappa shape index (κ1) is 31.9. The number of amides is 2. The molecule has 5 aromatic rings. The lowest BCUT2D eigenvalue weighted by atomic mass is 10.0. The minimum absolute atomic E-state index is 0.0464. The van der Waals surface area contributed by atoms with Crippen LogP contribution in [0.1, 0.15) is 22.9 Å². The van der Waals surface area contributed by atoms with E-state index in [4.69, 9.17) is 4.74 Å². The molecule has 234 valence electrons. The van der Waals surface area contributed by atoms with Crippen molar-refractivity contribution in [3.63, 3.8) is 0 Å². The van der Waals surface area contributed by atoms with Gasteiger partial charge in [-0.1, -0.05) is 66.7 Å². The van der Waals surface area contributed by atoms with Gasteiger partial charge in [-0.15, -0.1) is 0 Å². The summed E-state index contributed by atoms with van der Waals surface area (Å²) in [6.45, 7) is -0.104. The number of carbonyl (C=O) groups is 2. The molecule has 11 heteroatoms. The van der Waals surface area contributed by atoms with Gasteiger partial charge in [0, 0.05) is 18.4 Å². The van der Waals surface area contributed by atoms with Crippen LogP contribution in [0.25, 0.3) is 0 Å². The van der Waals surface area contributed by atoms with Crippen LogP contribution in [-0.4, -0.2) is 36.7 Å². The monoisotopic (exact) mass is 638 g/mol. The molecule has 0 aliphatic carbocycles. The number of halogens is 1. The van der Waals surface area contributed by atoms with E-state index in [1.807, 2.05) is 42.5 Å². The fourth-order valence-corrected chi connectivity index (χ4v) is 5.72. The van der Waals surface area contributed by atoms with Gasteiger partial charge in [-0.05, 0) is 71.8 Å². The molecule has 4 aromatic carbocycles. The molecule has 0 saturated carbocycles. The second kappa shape index (κ2) is 15.0. The number of nitrogens with zero attached hydrogens (tertiary/aromatic N) is 2. The molecule has 5 rings (SSSR count). The highest BCUT2D eigenvalue weighted by molar-refractivity contribution is 7.92. The van der Waals surface area contributed by atoms with E-state index in [1.165, 1.54) is 41.3 Å². The highest BCUT2D eigenvalue weighted by atomic mass is 32.2. The van der Waals surface area contributed by atoms with Crippen molar-refractivity contribution in [2.45, 2.75) is 24.0 Å². The van der Waals surface area contributed by atoms with Crippen molar-refractivity contribution in [1.29, 1.82) is 0 Å². The normalized spacial score (nSPS) is 11.7. The fourth-order valence-electron chi connectivity index (χ4n) is 4.66. The third-order valence-corrected chi connectivity index (χ3v) is 8.35. The Morgan fingerprint density at radius 3 is 2.11 bits per heavy atom. The lowest BCUT2D eigenvalue weighted by molar-refractivity contribution is -0.143. The zero-order valence-corrected chi connectivity index (χ0v) is 25.4. The van der Waals surface area contributed by atoms with E-state index in [0.717, 1.165) is 17.7 Å². The Labute approximate surface area is 266 Å². The number of ether oxygens (including phenoxy) is 1. The van der Waals surface area contributed by atoms with Gasteiger partial charge in [-0.3, -0.25) is 19.3 Å². The summed E-state index contributed by atoms with van der Waals surface area (Å²) in [5.41, 5.74) is 2.32. The Bertz CT molecular complexity index is 1840. The summed E-state index contributed by atoms with van der Waals surface area (Å²) >= 11 is 0. The highest BCUT2D eigenvalue weighted by Gasteiger charge is 2.32. The first-order valence-corrected chi connectivity index (χ1v) is 15.8. The molecule has 0 spiro atoms. The van der Waals surface area contributed by atoms with Crippen LogP contribution in [-0.2, 0) is 32.7 Å². The van der Waals surface area contributed by atoms with Gasteiger partial charge >= 0.3 is 0 Å². The summed E-state index contributed by atoms with van der Waals surface area (Å²) in [6.07, 6.45) is 1.64. The topological polar surface area (TPSA) is 118 Å². The number of aromatic nitrogens is 1. The number of hydrogen-bond acceptors (Lipinski definition) is 6. The molecule has 1 heterocycles. The molecule has 1 atom stereocenters. The number of anilines is 1. The van der Waals surface area contributed by atoms with E-state index in [-0.39, 0.29) is 35.3 Å². The molecule has 0 bridgehead atoms. The maximum atomic E-state index is 13.8. The van der Waals surface area contributed by atoms with Gasteiger partial charge < -0.3 is 15.0 Å². The zero-order chi connectivity index (χ0) is 32.4. The van der Waals surface area contributed by atoms with E-state index in [1.54, 1.807) is 42.6 Å². The van der Waals surface area contributed by atoms with Gasteiger partial charge in [0.2, 0.25) is 5.91 Å². The van der Waals surface area contributed by atoms with Crippen LogP contribution in [0.15, 0.2) is 138 Å². The first-order chi connectivity index (χ1) is 22.3. The maximum Gasteiger partial charge on any atom is 0.261 e. The molecule has 0 radical (unpaired) electrons. The molecule has 0 saturated heterocycles. The van der Waals surface area contributed by atoms with Crippen molar-refractivity contribution in [2.24, 2.45) is 0 Å². The number of benzene rings is 4. The number of sulfonamides is 1. The van der Waals surface area contributed by atoms with Gasteiger partial charge in [0.05, 0.1) is 17.1 Å². The molecule has 0 fully saturated rings. The Balaban J connectivity index is 1.34. The van der Waals surface area contributed by atoms with Crippen molar-refractivity contribution in [3.05, 3.63) is 156 Å². The molecule has 0 unspecified atom stereocenters. The van der Waals surface area contributed by atoms with Gasteiger partial charge in [0.15, 0.2) is 6.61 Å². The van der Waals surface area contributed by atoms with E-state index in [0.29, 0.717) is 11.3 Å². The second-order valence-corrected chi connectivity index (χ2v) is 11.9. The summed E-state index contributed by atoms with van der Waals surface area (Å²) in [5.74, 6) is -1.07. The third-order valence-electron chi connectivity index (χ3n) is 6.95. The zero-order valence-electron chi connectivity index (χ0n) is 24.6. The van der Waals surface area contributed by atoms with Gasteiger partial charge in [0.25, 0.3) is 15.9 Å². The molecule has 2 N–H and O–H groups in total. The smallest absolute Gasteiger partial charge is 0.261 e. The Morgan fingerprint density at radius 1 is 0.804 bits per heavy atom. The third kappa shape index (κ3) is 8.54.